The minimum absolute atomic E-state index is 0.0416. The Labute approximate surface area is 202 Å². The van der Waals surface area contributed by atoms with Gasteiger partial charge in [-0.1, -0.05) is 0 Å². The number of amides is 3. The monoisotopic (exact) mass is 497 g/mol. The first kappa shape index (κ1) is 27.8. The summed E-state index contributed by atoms with van der Waals surface area (Å²) in [4.78, 5) is 67.9. The van der Waals surface area contributed by atoms with Gasteiger partial charge in [0.1, 0.15) is 18.1 Å². The SMILES string of the molecule is NC(N)=NCCCC(NC(=O)C1CCCN1C(=O)C1CCCN1C(=O)C(N)CCC(=O)O)C(=O)O. The number of hydrogen-bond acceptors (Lipinski definition) is 7. The van der Waals surface area contributed by atoms with E-state index in [0.717, 1.165) is 0 Å². The molecule has 9 N–H and O–H groups in total. The molecule has 4 unspecified atom stereocenters. The summed E-state index contributed by atoms with van der Waals surface area (Å²) < 4.78 is 0. The Kier molecular flexibility index (Phi) is 10.2. The van der Waals surface area contributed by atoms with Crippen LogP contribution in [0.2, 0.25) is 0 Å². The Hall–Kier alpha value is -3.42. The van der Waals surface area contributed by atoms with E-state index in [9.17, 15) is 29.1 Å². The lowest BCUT2D eigenvalue weighted by Crippen LogP contribution is -2.56. The van der Waals surface area contributed by atoms with Crippen molar-refractivity contribution in [1.82, 2.24) is 15.1 Å². The van der Waals surface area contributed by atoms with E-state index in [4.69, 9.17) is 22.3 Å². The van der Waals surface area contributed by atoms with Crippen molar-refractivity contribution in [3.05, 3.63) is 0 Å². The normalized spacial score (nSPS) is 21.3. The molecule has 0 aromatic carbocycles. The highest BCUT2D eigenvalue weighted by Gasteiger charge is 2.43. The zero-order valence-corrected chi connectivity index (χ0v) is 19.6. The van der Waals surface area contributed by atoms with Gasteiger partial charge in [-0.25, -0.2) is 4.79 Å². The van der Waals surface area contributed by atoms with Crippen LogP contribution >= 0.6 is 0 Å². The van der Waals surface area contributed by atoms with Crippen LogP contribution in [0.25, 0.3) is 0 Å². The summed E-state index contributed by atoms with van der Waals surface area (Å²) in [5, 5.41) is 20.8. The summed E-state index contributed by atoms with van der Waals surface area (Å²) >= 11 is 0. The molecule has 0 aliphatic carbocycles. The second kappa shape index (κ2) is 12.9. The molecule has 0 aromatic heterocycles. The molecular formula is C21H35N7O7. The molecule has 2 aliphatic heterocycles. The highest BCUT2D eigenvalue weighted by molar-refractivity contribution is 5.95. The van der Waals surface area contributed by atoms with Crippen molar-refractivity contribution in [2.45, 2.75) is 75.5 Å². The van der Waals surface area contributed by atoms with Gasteiger partial charge in [-0.05, 0) is 44.9 Å². The fraction of sp³-hybridized carbons (Fsp3) is 0.714. The number of carbonyl (C=O) groups excluding carboxylic acids is 3. The van der Waals surface area contributed by atoms with Crippen LogP contribution in [0.3, 0.4) is 0 Å². The number of carboxylic acid groups (broad SMARTS) is 2. The van der Waals surface area contributed by atoms with Crippen LogP contribution in [0.5, 0.6) is 0 Å². The number of carboxylic acids is 2. The summed E-state index contributed by atoms with van der Waals surface area (Å²) in [5.74, 6) is -3.83. The van der Waals surface area contributed by atoms with Crippen LogP contribution in [-0.4, -0.2) is 99.4 Å². The first-order valence-electron chi connectivity index (χ1n) is 11.7. The molecule has 2 rings (SSSR count). The first-order valence-corrected chi connectivity index (χ1v) is 11.7. The van der Waals surface area contributed by atoms with Gasteiger partial charge in [0.05, 0.1) is 6.04 Å². The third-order valence-electron chi connectivity index (χ3n) is 6.21. The number of carbonyl (C=O) groups is 5. The molecule has 35 heavy (non-hydrogen) atoms. The maximum Gasteiger partial charge on any atom is 0.326 e. The van der Waals surface area contributed by atoms with Crippen molar-refractivity contribution >= 4 is 35.6 Å². The van der Waals surface area contributed by atoms with Gasteiger partial charge in [0.15, 0.2) is 5.96 Å². The van der Waals surface area contributed by atoms with Gasteiger partial charge < -0.3 is 42.5 Å². The van der Waals surface area contributed by atoms with E-state index in [-0.39, 0.29) is 31.8 Å². The molecule has 0 aromatic rings. The van der Waals surface area contributed by atoms with E-state index in [2.05, 4.69) is 10.3 Å². The van der Waals surface area contributed by atoms with E-state index in [0.29, 0.717) is 45.2 Å². The molecule has 14 nitrogen and oxygen atoms in total. The average Bonchev–Trinajstić information content (AvgIpc) is 3.48. The molecule has 2 heterocycles. The van der Waals surface area contributed by atoms with Crippen LogP contribution in [0, 0.1) is 0 Å². The highest BCUT2D eigenvalue weighted by atomic mass is 16.4. The van der Waals surface area contributed by atoms with E-state index in [1.807, 2.05) is 0 Å². The number of nitrogens with zero attached hydrogens (tertiary/aromatic N) is 3. The molecule has 0 radical (unpaired) electrons. The molecular weight excluding hydrogens is 462 g/mol. The van der Waals surface area contributed by atoms with Gasteiger partial charge in [0, 0.05) is 26.1 Å². The number of aliphatic carboxylic acids is 2. The molecule has 2 fully saturated rings. The van der Waals surface area contributed by atoms with Gasteiger partial charge in [-0.3, -0.25) is 24.2 Å². The Balaban J connectivity index is 2.02. The standard InChI is InChI=1S/C21H35N7O7/c22-12(7-8-16(29)30)18(32)28-11-3-6-15(28)19(33)27-10-2-5-14(27)17(31)26-13(20(34)35)4-1-9-25-21(23)24/h12-15H,1-11,22H2,(H,26,31)(H,29,30)(H,34,35)(H4,23,24,25). The van der Waals surface area contributed by atoms with Gasteiger partial charge >= 0.3 is 11.9 Å². The molecule has 14 heteroatoms. The Morgan fingerprint density at radius 1 is 0.971 bits per heavy atom. The van der Waals surface area contributed by atoms with Crippen molar-refractivity contribution < 1.29 is 34.2 Å². The smallest absolute Gasteiger partial charge is 0.326 e. The number of nitrogens with two attached hydrogens (primary N) is 3. The summed E-state index contributed by atoms with van der Waals surface area (Å²) in [6.45, 7) is 0.844. The quantitative estimate of drug-likeness (QED) is 0.0965. The molecule has 0 bridgehead atoms. The van der Waals surface area contributed by atoms with Crippen LogP contribution < -0.4 is 22.5 Å². The zero-order valence-electron chi connectivity index (χ0n) is 19.6. The van der Waals surface area contributed by atoms with Crippen LogP contribution in [0.1, 0.15) is 51.4 Å². The van der Waals surface area contributed by atoms with E-state index in [1.165, 1.54) is 9.80 Å². The van der Waals surface area contributed by atoms with Crippen molar-refractivity contribution in [3.63, 3.8) is 0 Å². The number of aliphatic imine (C=N–C) groups is 1. The van der Waals surface area contributed by atoms with Crippen molar-refractivity contribution in [2.75, 3.05) is 19.6 Å². The molecule has 2 aliphatic rings. The van der Waals surface area contributed by atoms with Crippen LogP contribution in [0.4, 0.5) is 0 Å². The maximum atomic E-state index is 13.3. The number of likely N-dealkylation sites (tertiary alicyclic amines) is 2. The molecule has 196 valence electrons. The highest BCUT2D eigenvalue weighted by Crippen LogP contribution is 2.26. The number of nitrogens with one attached hydrogen (secondary N) is 1. The van der Waals surface area contributed by atoms with Crippen LogP contribution in [-0.2, 0) is 24.0 Å². The number of guanidine groups is 1. The second-order valence-corrected chi connectivity index (χ2v) is 8.77. The predicted molar refractivity (Wildman–Crippen MR) is 124 cm³/mol. The number of rotatable bonds is 12. The Morgan fingerprint density at radius 3 is 2.20 bits per heavy atom. The summed E-state index contributed by atoms with van der Waals surface area (Å²) in [6.07, 6.45) is 2.06. The Morgan fingerprint density at radius 2 is 1.60 bits per heavy atom. The molecule has 2 saturated heterocycles. The van der Waals surface area contributed by atoms with Gasteiger partial charge in [0.2, 0.25) is 17.7 Å². The topological polar surface area (TPSA) is 235 Å². The fourth-order valence-electron chi connectivity index (χ4n) is 4.43. The molecule has 0 saturated carbocycles. The number of hydrogen-bond donors (Lipinski definition) is 6. The van der Waals surface area contributed by atoms with Gasteiger partial charge in [-0.15, -0.1) is 0 Å². The Bertz CT molecular complexity index is 846. The van der Waals surface area contributed by atoms with Gasteiger partial charge in [-0.2, -0.15) is 0 Å². The fourth-order valence-corrected chi connectivity index (χ4v) is 4.43. The summed E-state index contributed by atoms with van der Waals surface area (Å²) in [5.41, 5.74) is 16.4. The minimum atomic E-state index is -1.21. The van der Waals surface area contributed by atoms with Gasteiger partial charge in [0.25, 0.3) is 0 Å². The van der Waals surface area contributed by atoms with Crippen LogP contribution in [0.15, 0.2) is 4.99 Å². The lowest BCUT2D eigenvalue weighted by atomic mass is 10.1. The summed E-state index contributed by atoms with van der Waals surface area (Å²) in [7, 11) is 0. The second-order valence-electron chi connectivity index (χ2n) is 8.77. The lowest BCUT2D eigenvalue weighted by Gasteiger charge is -2.32. The van der Waals surface area contributed by atoms with Crippen molar-refractivity contribution in [2.24, 2.45) is 22.2 Å². The third kappa shape index (κ3) is 7.80. The third-order valence-corrected chi connectivity index (χ3v) is 6.21. The summed E-state index contributed by atoms with van der Waals surface area (Å²) in [6, 6.07) is -3.83. The minimum Gasteiger partial charge on any atom is -0.481 e. The average molecular weight is 498 g/mol. The first-order chi connectivity index (χ1) is 16.5. The molecule has 4 atom stereocenters. The van der Waals surface area contributed by atoms with E-state index < -0.39 is 53.8 Å². The maximum absolute atomic E-state index is 13.3. The largest absolute Gasteiger partial charge is 0.481 e. The lowest BCUT2D eigenvalue weighted by molar-refractivity contribution is -0.148. The predicted octanol–water partition coefficient (Wildman–Crippen LogP) is -2.22. The van der Waals surface area contributed by atoms with Crippen molar-refractivity contribution in [3.8, 4) is 0 Å². The van der Waals surface area contributed by atoms with E-state index >= 15 is 0 Å². The van der Waals surface area contributed by atoms with E-state index in [1.54, 1.807) is 0 Å². The molecule has 3 amide bonds. The zero-order chi connectivity index (χ0) is 26.1. The van der Waals surface area contributed by atoms with Crippen molar-refractivity contribution in [1.29, 1.82) is 0 Å². The molecule has 0 spiro atoms.